The molecule has 1 aromatic heterocycles. The highest BCUT2D eigenvalue weighted by molar-refractivity contribution is 7.86. The van der Waals surface area contributed by atoms with Gasteiger partial charge in [0.25, 0.3) is 10.1 Å². The molecule has 2 amide bonds. The number of anilines is 1. The van der Waals surface area contributed by atoms with Gasteiger partial charge in [-0.25, -0.2) is 10.0 Å². The molecule has 2 aromatic rings. The SMILES string of the molecule is CC(=O)N(c1ccsc1)N1C(=O)CC1COS(=O)(=O)c1ccc(C)cc1. The van der Waals surface area contributed by atoms with Crippen molar-refractivity contribution in [3.8, 4) is 0 Å². The second-order valence-corrected chi connectivity index (χ2v) is 8.36. The molecule has 1 unspecified atom stereocenters. The van der Waals surface area contributed by atoms with Crippen LogP contribution in [0.15, 0.2) is 46.0 Å². The molecule has 3 rings (SSSR count). The number of thiophene rings is 1. The Morgan fingerprint density at radius 3 is 2.54 bits per heavy atom. The van der Waals surface area contributed by atoms with Crippen LogP contribution in [0.2, 0.25) is 0 Å². The Kier molecular flexibility index (Phi) is 5.12. The van der Waals surface area contributed by atoms with Crippen molar-refractivity contribution in [1.29, 1.82) is 0 Å². The van der Waals surface area contributed by atoms with Crippen LogP contribution in [0.25, 0.3) is 0 Å². The monoisotopic (exact) mass is 394 g/mol. The van der Waals surface area contributed by atoms with Gasteiger partial charge < -0.3 is 0 Å². The van der Waals surface area contributed by atoms with Gasteiger partial charge in [-0.05, 0) is 30.5 Å². The van der Waals surface area contributed by atoms with E-state index in [0.29, 0.717) is 5.69 Å². The highest BCUT2D eigenvalue weighted by Crippen LogP contribution is 2.29. The Labute approximate surface area is 155 Å². The number of amides is 2. The second kappa shape index (κ2) is 7.18. The van der Waals surface area contributed by atoms with Crippen molar-refractivity contribution in [2.75, 3.05) is 11.6 Å². The predicted molar refractivity (Wildman–Crippen MR) is 97.0 cm³/mol. The first-order chi connectivity index (χ1) is 12.3. The van der Waals surface area contributed by atoms with Crippen LogP contribution in [-0.4, -0.2) is 37.9 Å². The van der Waals surface area contributed by atoms with Gasteiger partial charge >= 0.3 is 0 Å². The minimum Gasteiger partial charge on any atom is -0.273 e. The van der Waals surface area contributed by atoms with E-state index in [1.165, 1.54) is 40.4 Å². The topological polar surface area (TPSA) is 84.0 Å². The molecular formula is C17H18N2O5S2. The first kappa shape index (κ1) is 18.6. The van der Waals surface area contributed by atoms with E-state index in [2.05, 4.69) is 0 Å². The second-order valence-electron chi connectivity index (χ2n) is 5.96. The van der Waals surface area contributed by atoms with Gasteiger partial charge in [0.15, 0.2) is 0 Å². The third kappa shape index (κ3) is 3.64. The summed E-state index contributed by atoms with van der Waals surface area (Å²) in [6.45, 7) is 3.00. The number of nitrogens with zero attached hydrogens (tertiary/aromatic N) is 2. The zero-order valence-electron chi connectivity index (χ0n) is 14.3. The van der Waals surface area contributed by atoms with Gasteiger partial charge in [0.1, 0.15) is 0 Å². The minimum atomic E-state index is -3.93. The largest absolute Gasteiger partial charge is 0.297 e. The lowest BCUT2D eigenvalue weighted by molar-refractivity contribution is -0.152. The van der Waals surface area contributed by atoms with Gasteiger partial charge in [0, 0.05) is 12.3 Å². The molecule has 0 saturated carbocycles. The lowest BCUT2D eigenvalue weighted by Gasteiger charge is -2.45. The van der Waals surface area contributed by atoms with Crippen LogP contribution in [0.1, 0.15) is 18.9 Å². The molecule has 0 N–H and O–H groups in total. The zero-order valence-corrected chi connectivity index (χ0v) is 15.9. The zero-order chi connectivity index (χ0) is 18.9. The number of carbonyl (C=O) groups is 2. The molecule has 1 aliphatic rings. The van der Waals surface area contributed by atoms with E-state index in [1.54, 1.807) is 29.0 Å². The summed E-state index contributed by atoms with van der Waals surface area (Å²) in [6, 6.07) is 7.51. The van der Waals surface area contributed by atoms with E-state index < -0.39 is 16.2 Å². The predicted octanol–water partition coefficient (Wildman–Crippen LogP) is 2.33. The standard InChI is InChI=1S/C17H18N2O5S2/c1-12-3-5-16(6-4-12)26(22,23)24-10-15-9-17(21)19(15)18(13(2)20)14-7-8-25-11-14/h3-8,11,15H,9-10H2,1-2H3. The summed E-state index contributed by atoms with van der Waals surface area (Å²) in [5, 5.41) is 6.06. The Hall–Kier alpha value is -2.23. The summed E-state index contributed by atoms with van der Waals surface area (Å²) in [7, 11) is -3.93. The Morgan fingerprint density at radius 1 is 1.31 bits per heavy atom. The smallest absolute Gasteiger partial charge is 0.273 e. The van der Waals surface area contributed by atoms with Crippen molar-refractivity contribution in [1.82, 2.24) is 5.01 Å². The van der Waals surface area contributed by atoms with Crippen LogP contribution < -0.4 is 5.01 Å². The lowest BCUT2D eigenvalue weighted by Crippen LogP contribution is -2.64. The van der Waals surface area contributed by atoms with Crippen molar-refractivity contribution in [2.24, 2.45) is 0 Å². The normalized spacial score (nSPS) is 17.1. The van der Waals surface area contributed by atoms with Crippen molar-refractivity contribution in [3.05, 3.63) is 46.7 Å². The summed E-state index contributed by atoms with van der Waals surface area (Å²) >= 11 is 1.40. The molecule has 138 valence electrons. The summed E-state index contributed by atoms with van der Waals surface area (Å²) in [5.74, 6) is -0.587. The van der Waals surface area contributed by atoms with E-state index in [0.717, 1.165) is 5.56 Å². The Bertz CT molecular complexity index is 907. The highest BCUT2D eigenvalue weighted by atomic mass is 32.2. The molecule has 1 fully saturated rings. The van der Waals surface area contributed by atoms with Crippen LogP contribution in [0.3, 0.4) is 0 Å². The average molecular weight is 394 g/mol. The fourth-order valence-electron chi connectivity index (χ4n) is 2.65. The van der Waals surface area contributed by atoms with Crippen molar-refractivity contribution < 1.29 is 22.2 Å². The number of carbonyl (C=O) groups excluding carboxylic acids is 2. The highest BCUT2D eigenvalue weighted by Gasteiger charge is 2.43. The fourth-order valence-corrected chi connectivity index (χ4v) is 4.21. The maximum atomic E-state index is 12.3. The molecule has 0 radical (unpaired) electrons. The van der Waals surface area contributed by atoms with E-state index in [-0.39, 0.29) is 29.7 Å². The third-order valence-corrected chi connectivity index (χ3v) is 5.97. The molecule has 7 nitrogen and oxygen atoms in total. The number of benzene rings is 1. The lowest BCUT2D eigenvalue weighted by atomic mass is 10.1. The molecule has 1 aliphatic heterocycles. The van der Waals surface area contributed by atoms with Crippen LogP contribution in [-0.2, 0) is 23.9 Å². The molecule has 26 heavy (non-hydrogen) atoms. The summed E-state index contributed by atoms with van der Waals surface area (Å²) in [4.78, 5) is 24.1. The van der Waals surface area contributed by atoms with Crippen LogP contribution in [0.5, 0.6) is 0 Å². The first-order valence-electron chi connectivity index (χ1n) is 7.90. The van der Waals surface area contributed by atoms with Crippen LogP contribution in [0, 0.1) is 6.92 Å². The van der Waals surface area contributed by atoms with E-state index in [1.807, 2.05) is 6.92 Å². The molecule has 9 heteroatoms. The van der Waals surface area contributed by atoms with Gasteiger partial charge in [-0.2, -0.15) is 19.8 Å². The molecule has 2 heterocycles. The van der Waals surface area contributed by atoms with Gasteiger partial charge in [0.2, 0.25) is 11.8 Å². The van der Waals surface area contributed by atoms with E-state index in [9.17, 15) is 18.0 Å². The number of hydrogen-bond acceptors (Lipinski definition) is 6. The molecule has 0 bridgehead atoms. The van der Waals surface area contributed by atoms with Gasteiger partial charge in [-0.15, -0.1) is 0 Å². The van der Waals surface area contributed by atoms with E-state index in [4.69, 9.17) is 4.18 Å². The van der Waals surface area contributed by atoms with Crippen molar-refractivity contribution in [3.63, 3.8) is 0 Å². The third-order valence-electron chi connectivity index (χ3n) is 4.00. The quantitative estimate of drug-likeness (QED) is 0.555. The summed E-state index contributed by atoms with van der Waals surface area (Å²) in [6.07, 6.45) is 0.122. The van der Waals surface area contributed by atoms with Crippen LogP contribution >= 0.6 is 11.3 Å². The summed E-state index contributed by atoms with van der Waals surface area (Å²) < 4.78 is 29.7. The van der Waals surface area contributed by atoms with Crippen LogP contribution in [0.4, 0.5) is 5.69 Å². The van der Waals surface area contributed by atoms with Gasteiger partial charge in [-0.1, -0.05) is 17.7 Å². The van der Waals surface area contributed by atoms with Gasteiger partial charge in [-0.3, -0.25) is 13.8 Å². The molecule has 1 saturated heterocycles. The fraction of sp³-hybridized carbons (Fsp3) is 0.294. The summed E-state index contributed by atoms with van der Waals surface area (Å²) in [5.41, 5.74) is 1.51. The Balaban J connectivity index is 1.73. The maximum Gasteiger partial charge on any atom is 0.297 e. The number of β-lactam (4-membered cyclic amide) rings is 1. The minimum absolute atomic E-state index is 0.0570. The maximum absolute atomic E-state index is 12.3. The average Bonchev–Trinajstić information content (AvgIpc) is 3.10. The molecule has 1 aromatic carbocycles. The molecule has 1 atom stereocenters. The number of rotatable bonds is 6. The molecule has 0 spiro atoms. The first-order valence-corrected chi connectivity index (χ1v) is 10.3. The van der Waals surface area contributed by atoms with Crippen molar-refractivity contribution >= 4 is 39.0 Å². The Morgan fingerprint density at radius 2 is 2.00 bits per heavy atom. The van der Waals surface area contributed by atoms with E-state index >= 15 is 0 Å². The molecular weight excluding hydrogens is 376 g/mol. The van der Waals surface area contributed by atoms with Gasteiger partial charge in [0.05, 0.1) is 29.7 Å². The number of hydrazine groups is 1. The molecule has 0 aliphatic carbocycles. The number of aryl methyl sites for hydroxylation is 1. The van der Waals surface area contributed by atoms with Crippen molar-refractivity contribution in [2.45, 2.75) is 31.2 Å². The number of hydrogen-bond donors (Lipinski definition) is 0.